The molecule has 2 aliphatic rings. The summed E-state index contributed by atoms with van der Waals surface area (Å²) < 4.78 is 5.49. The molecule has 0 aliphatic carbocycles. The van der Waals surface area contributed by atoms with Crippen molar-refractivity contribution in [1.82, 2.24) is 0 Å². The molecule has 0 bridgehead atoms. The average molecular weight is 338 g/mol. The van der Waals surface area contributed by atoms with Crippen LogP contribution in [0, 0.1) is 0 Å². The van der Waals surface area contributed by atoms with Crippen molar-refractivity contribution in [3.63, 3.8) is 0 Å². The molecule has 4 heteroatoms. The number of nitrogens with one attached hydrogen (secondary N) is 1. The number of hydrogen-bond donors (Lipinski definition) is 2. The summed E-state index contributed by atoms with van der Waals surface area (Å²) >= 11 is 0. The Hall–Kier alpha value is -2.04. The molecule has 1 fully saturated rings. The van der Waals surface area contributed by atoms with Gasteiger partial charge in [0.15, 0.2) is 0 Å². The van der Waals surface area contributed by atoms with Crippen molar-refractivity contribution in [2.75, 3.05) is 23.3 Å². The van der Waals surface area contributed by atoms with Gasteiger partial charge in [-0.15, -0.1) is 0 Å². The van der Waals surface area contributed by atoms with Crippen LogP contribution in [0.5, 0.6) is 0 Å². The molecular weight excluding hydrogens is 312 g/mol. The first-order chi connectivity index (χ1) is 12.2. The molecule has 0 spiro atoms. The van der Waals surface area contributed by atoms with Gasteiger partial charge in [0.05, 0.1) is 19.3 Å². The largest absolute Gasteiger partial charge is 0.393 e. The summed E-state index contributed by atoms with van der Waals surface area (Å²) in [4.78, 5) is 2.36. The van der Waals surface area contributed by atoms with Gasteiger partial charge in [0, 0.05) is 30.5 Å². The number of aliphatic hydroxyl groups excluding tert-OH is 1. The van der Waals surface area contributed by atoms with Crippen LogP contribution in [0.3, 0.4) is 0 Å². The third kappa shape index (κ3) is 3.65. The SMILES string of the molecule is CC(Nc1ccc2c(c1)COC2)c1ccc(N2CCC(O)CC2)cc1. The van der Waals surface area contributed by atoms with Gasteiger partial charge in [0.1, 0.15) is 0 Å². The first-order valence-electron chi connectivity index (χ1n) is 9.18. The van der Waals surface area contributed by atoms with Crippen LogP contribution >= 0.6 is 0 Å². The normalized spacial score (nSPS) is 18.9. The number of ether oxygens (including phenoxy) is 1. The van der Waals surface area contributed by atoms with Crippen molar-refractivity contribution in [2.24, 2.45) is 0 Å². The highest BCUT2D eigenvalue weighted by atomic mass is 16.5. The van der Waals surface area contributed by atoms with Gasteiger partial charge in [0.2, 0.25) is 0 Å². The number of fused-ring (bicyclic) bond motifs is 1. The van der Waals surface area contributed by atoms with Gasteiger partial charge in [-0.2, -0.15) is 0 Å². The summed E-state index contributed by atoms with van der Waals surface area (Å²) in [6.07, 6.45) is 1.60. The first-order valence-corrected chi connectivity index (χ1v) is 9.18. The molecule has 0 amide bonds. The Morgan fingerprint density at radius 3 is 2.52 bits per heavy atom. The average Bonchev–Trinajstić information content (AvgIpc) is 3.10. The monoisotopic (exact) mass is 338 g/mol. The third-order valence-electron chi connectivity index (χ3n) is 5.33. The summed E-state index contributed by atoms with van der Waals surface area (Å²) in [7, 11) is 0. The van der Waals surface area contributed by atoms with Gasteiger partial charge < -0.3 is 20.1 Å². The first kappa shape index (κ1) is 16.4. The second-order valence-corrected chi connectivity index (χ2v) is 7.15. The summed E-state index contributed by atoms with van der Waals surface area (Å²) in [6, 6.07) is 15.5. The van der Waals surface area contributed by atoms with Crippen molar-refractivity contribution in [3.8, 4) is 0 Å². The van der Waals surface area contributed by atoms with Crippen molar-refractivity contribution in [2.45, 2.75) is 45.1 Å². The van der Waals surface area contributed by atoms with Gasteiger partial charge in [-0.3, -0.25) is 0 Å². The maximum atomic E-state index is 9.65. The van der Waals surface area contributed by atoms with Crippen molar-refractivity contribution < 1.29 is 9.84 Å². The van der Waals surface area contributed by atoms with E-state index in [-0.39, 0.29) is 12.1 Å². The number of aliphatic hydroxyl groups is 1. The Balaban J connectivity index is 1.41. The Morgan fingerprint density at radius 2 is 1.76 bits per heavy atom. The topological polar surface area (TPSA) is 44.7 Å². The van der Waals surface area contributed by atoms with Crippen LogP contribution in [0.4, 0.5) is 11.4 Å². The molecule has 2 N–H and O–H groups in total. The number of piperidine rings is 1. The molecule has 2 aromatic carbocycles. The van der Waals surface area contributed by atoms with Crippen LogP contribution < -0.4 is 10.2 Å². The number of hydrogen-bond acceptors (Lipinski definition) is 4. The Bertz CT molecular complexity index is 721. The van der Waals surface area contributed by atoms with Gasteiger partial charge in [0.25, 0.3) is 0 Å². The standard InChI is InChI=1S/C21H26N2O2/c1-15(22-19-5-2-17-13-25-14-18(17)12-19)16-3-6-20(7-4-16)23-10-8-21(24)9-11-23/h2-7,12,15,21-22,24H,8-11,13-14H2,1H3. The van der Waals surface area contributed by atoms with Crippen LogP contribution in [0.25, 0.3) is 0 Å². The van der Waals surface area contributed by atoms with Crippen molar-refractivity contribution in [1.29, 1.82) is 0 Å². The highest BCUT2D eigenvalue weighted by Crippen LogP contribution is 2.27. The number of anilines is 2. The predicted octanol–water partition coefficient (Wildman–Crippen LogP) is 3.85. The molecule has 1 saturated heterocycles. The van der Waals surface area contributed by atoms with E-state index in [0.717, 1.165) is 44.8 Å². The van der Waals surface area contributed by atoms with Crippen molar-refractivity contribution in [3.05, 3.63) is 59.2 Å². The lowest BCUT2D eigenvalue weighted by molar-refractivity contribution is 0.134. The minimum atomic E-state index is -0.127. The second-order valence-electron chi connectivity index (χ2n) is 7.15. The van der Waals surface area contributed by atoms with Gasteiger partial charge >= 0.3 is 0 Å². The van der Waals surface area contributed by atoms with E-state index in [0.29, 0.717) is 0 Å². The lowest BCUT2D eigenvalue weighted by atomic mass is 10.0. The van der Waals surface area contributed by atoms with E-state index < -0.39 is 0 Å². The zero-order valence-electron chi connectivity index (χ0n) is 14.7. The maximum Gasteiger partial charge on any atom is 0.0725 e. The molecule has 1 atom stereocenters. The summed E-state index contributed by atoms with van der Waals surface area (Å²) in [5.41, 5.74) is 6.26. The minimum absolute atomic E-state index is 0.127. The quantitative estimate of drug-likeness (QED) is 0.889. The fourth-order valence-corrected chi connectivity index (χ4v) is 3.69. The van der Waals surface area contributed by atoms with E-state index in [4.69, 9.17) is 4.74 Å². The minimum Gasteiger partial charge on any atom is -0.393 e. The zero-order chi connectivity index (χ0) is 17.2. The molecule has 25 heavy (non-hydrogen) atoms. The molecule has 2 heterocycles. The molecule has 0 radical (unpaired) electrons. The molecule has 2 aliphatic heterocycles. The third-order valence-corrected chi connectivity index (χ3v) is 5.33. The van der Waals surface area contributed by atoms with E-state index in [1.54, 1.807) is 0 Å². The molecule has 0 aromatic heterocycles. The van der Waals surface area contributed by atoms with Crippen molar-refractivity contribution >= 4 is 11.4 Å². The molecule has 132 valence electrons. The Morgan fingerprint density at radius 1 is 1.04 bits per heavy atom. The van der Waals surface area contributed by atoms with Crippen LogP contribution in [0.2, 0.25) is 0 Å². The van der Waals surface area contributed by atoms with E-state index in [1.165, 1.54) is 22.4 Å². The van der Waals surface area contributed by atoms with Crippen LogP contribution in [0.1, 0.15) is 42.5 Å². The fraction of sp³-hybridized carbons (Fsp3) is 0.429. The predicted molar refractivity (Wildman–Crippen MR) is 101 cm³/mol. The van der Waals surface area contributed by atoms with Gasteiger partial charge in [-0.25, -0.2) is 0 Å². The van der Waals surface area contributed by atoms with E-state index in [1.807, 2.05) is 0 Å². The summed E-state index contributed by atoms with van der Waals surface area (Å²) in [5, 5.41) is 13.2. The highest BCUT2D eigenvalue weighted by molar-refractivity contribution is 5.52. The number of rotatable bonds is 4. The van der Waals surface area contributed by atoms with Crippen LogP contribution in [-0.2, 0) is 18.0 Å². The smallest absolute Gasteiger partial charge is 0.0725 e. The highest BCUT2D eigenvalue weighted by Gasteiger charge is 2.17. The summed E-state index contributed by atoms with van der Waals surface area (Å²) in [5.74, 6) is 0. The lowest BCUT2D eigenvalue weighted by Gasteiger charge is -2.31. The molecule has 4 rings (SSSR count). The van der Waals surface area contributed by atoms with E-state index in [9.17, 15) is 5.11 Å². The molecule has 4 nitrogen and oxygen atoms in total. The molecular formula is C21H26N2O2. The second kappa shape index (κ2) is 7.06. The molecule has 0 saturated carbocycles. The van der Waals surface area contributed by atoms with E-state index >= 15 is 0 Å². The van der Waals surface area contributed by atoms with Gasteiger partial charge in [-0.05, 0) is 60.7 Å². The lowest BCUT2D eigenvalue weighted by Crippen LogP contribution is -2.35. The number of benzene rings is 2. The fourth-order valence-electron chi connectivity index (χ4n) is 3.69. The molecule has 1 unspecified atom stereocenters. The zero-order valence-corrected chi connectivity index (χ0v) is 14.7. The number of nitrogens with zero attached hydrogens (tertiary/aromatic N) is 1. The molecule has 2 aromatic rings. The Kier molecular flexibility index (Phi) is 4.64. The van der Waals surface area contributed by atoms with Crippen LogP contribution in [-0.4, -0.2) is 24.3 Å². The summed E-state index contributed by atoms with van der Waals surface area (Å²) in [6.45, 7) is 5.52. The van der Waals surface area contributed by atoms with E-state index in [2.05, 4.69) is 59.6 Å². The van der Waals surface area contributed by atoms with Crippen LogP contribution in [0.15, 0.2) is 42.5 Å². The Labute approximate surface area is 149 Å². The van der Waals surface area contributed by atoms with Gasteiger partial charge in [-0.1, -0.05) is 18.2 Å². The maximum absolute atomic E-state index is 9.65.